The fourth-order valence-electron chi connectivity index (χ4n) is 3.01. The van der Waals surface area contributed by atoms with Gasteiger partial charge in [0.15, 0.2) is 0 Å². The summed E-state index contributed by atoms with van der Waals surface area (Å²) in [5.41, 5.74) is 7.10. The van der Waals surface area contributed by atoms with Crippen molar-refractivity contribution in [1.29, 1.82) is 0 Å². The lowest BCUT2D eigenvalue weighted by Crippen LogP contribution is -1.95. The highest BCUT2D eigenvalue weighted by atomic mass is 16.5. The molecule has 1 N–H and O–H groups in total. The molecule has 1 aliphatic rings. The molecule has 0 amide bonds. The number of ether oxygens (including phenoxy) is 1. The molecule has 21 heavy (non-hydrogen) atoms. The van der Waals surface area contributed by atoms with Gasteiger partial charge in [0.05, 0.1) is 12.8 Å². The van der Waals surface area contributed by atoms with E-state index < -0.39 is 0 Å². The molecule has 104 valence electrons. The first kappa shape index (κ1) is 12.1. The van der Waals surface area contributed by atoms with Crippen LogP contribution in [-0.2, 0) is 12.8 Å². The summed E-state index contributed by atoms with van der Waals surface area (Å²) in [6.07, 6.45) is 5.39. The van der Waals surface area contributed by atoms with E-state index in [0.29, 0.717) is 0 Å². The van der Waals surface area contributed by atoms with E-state index in [1.165, 1.54) is 22.3 Å². The van der Waals surface area contributed by atoms with E-state index in [-0.39, 0.29) is 0 Å². The lowest BCUT2D eigenvalue weighted by Gasteiger charge is -2.06. The third kappa shape index (κ3) is 1.91. The molecule has 0 spiro atoms. The molecule has 0 radical (unpaired) electrons. The predicted molar refractivity (Wildman–Crippen MR) is 80.4 cm³/mol. The number of nitrogens with zero attached hydrogens (tertiary/aromatic N) is 2. The van der Waals surface area contributed by atoms with Crippen molar-refractivity contribution in [1.82, 2.24) is 15.2 Å². The second kappa shape index (κ2) is 4.74. The minimum Gasteiger partial charge on any atom is -0.496 e. The van der Waals surface area contributed by atoms with Crippen molar-refractivity contribution in [2.75, 3.05) is 7.11 Å². The van der Waals surface area contributed by atoms with E-state index in [9.17, 15) is 0 Å². The van der Waals surface area contributed by atoms with Gasteiger partial charge in [-0.3, -0.25) is 10.1 Å². The third-order valence-electron chi connectivity index (χ3n) is 4.02. The fraction of sp³-hybridized carbons (Fsp3) is 0.176. The number of hydrogen-bond donors (Lipinski definition) is 1. The standard InChI is InChI=1S/C17H15N3O/c1-21-16-6-2-5-12-13(16)9-14-15(19-20-17(12)14)8-11-4-3-7-18-10-11/h2-7,10H,8-9H2,1H3,(H,19,20). The molecule has 1 aliphatic carbocycles. The molecule has 0 fully saturated rings. The van der Waals surface area contributed by atoms with Crippen LogP contribution in [0.5, 0.6) is 5.75 Å². The minimum absolute atomic E-state index is 0.826. The van der Waals surface area contributed by atoms with Gasteiger partial charge < -0.3 is 4.74 Å². The molecular formula is C17H15N3O. The Morgan fingerprint density at radius 3 is 2.95 bits per heavy atom. The highest BCUT2D eigenvalue weighted by Gasteiger charge is 2.26. The van der Waals surface area contributed by atoms with Gasteiger partial charge in [-0.25, -0.2) is 0 Å². The molecule has 0 atom stereocenters. The van der Waals surface area contributed by atoms with Gasteiger partial charge in [-0.05, 0) is 17.7 Å². The molecule has 4 rings (SSSR count). The average Bonchev–Trinajstić information content (AvgIpc) is 3.08. The van der Waals surface area contributed by atoms with Crippen LogP contribution in [0, 0.1) is 0 Å². The second-order valence-corrected chi connectivity index (χ2v) is 5.23. The SMILES string of the molecule is COc1cccc2c1Cc1c-2n[nH]c1Cc1cccnc1. The number of hydrogen-bond acceptors (Lipinski definition) is 3. The summed E-state index contributed by atoms with van der Waals surface area (Å²) in [6, 6.07) is 10.2. The number of methoxy groups -OCH3 is 1. The molecule has 0 bridgehead atoms. The Labute approximate surface area is 122 Å². The van der Waals surface area contributed by atoms with E-state index in [0.717, 1.165) is 30.0 Å². The zero-order valence-electron chi connectivity index (χ0n) is 11.8. The maximum atomic E-state index is 5.47. The molecular weight excluding hydrogens is 262 g/mol. The van der Waals surface area contributed by atoms with Crippen molar-refractivity contribution < 1.29 is 4.74 Å². The number of benzene rings is 1. The van der Waals surface area contributed by atoms with Crippen LogP contribution in [-0.4, -0.2) is 22.3 Å². The average molecular weight is 277 g/mol. The summed E-state index contributed by atoms with van der Waals surface area (Å²) in [7, 11) is 1.72. The van der Waals surface area contributed by atoms with Crippen LogP contribution in [0.4, 0.5) is 0 Å². The van der Waals surface area contributed by atoms with Crippen molar-refractivity contribution in [2.45, 2.75) is 12.8 Å². The quantitative estimate of drug-likeness (QED) is 0.626. The monoisotopic (exact) mass is 277 g/mol. The number of nitrogens with one attached hydrogen (secondary N) is 1. The Balaban J connectivity index is 1.73. The molecule has 0 saturated carbocycles. The predicted octanol–water partition coefficient (Wildman–Crippen LogP) is 2.98. The Morgan fingerprint density at radius 1 is 1.19 bits per heavy atom. The van der Waals surface area contributed by atoms with Gasteiger partial charge in [0.2, 0.25) is 0 Å². The normalized spacial score (nSPS) is 12.0. The number of fused-ring (bicyclic) bond motifs is 3. The molecule has 3 aromatic rings. The summed E-state index contributed by atoms with van der Waals surface area (Å²) in [5.74, 6) is 0.942. The Hall–Kier alpha value is -2.62. The maximum Gasteiger partial charge on any atom is 0.123 e. The summed E-state index contributed by atoms with van der Waals surface area (Å²) in [5, 5.41) is 7.69. The highest BCUT2D eigenvalue weighted by Crippen LogP contribution is 2.41. The van der Waals surface area contributed by atoms with Gasteiger partial charge in [-0.15, -0.1) is 0 Å². The Kier molecular flexibility index (Phi) is 2.74. The van der Waals surface area contributed by atoms with Crippen LogP contribution in [0.2, 0.25) is 0 Å². The molecule has 0 aliphatic heterocycles. The van der Waals surface area contributed by atoms with Crippen LogP contribution in [0.15, 0.2) is 42.7 Å². The van der Waals surface area contributed by atoms with E-state index >= 15 is 0 Å². The van der Waals surface area contributed by atoms with Crippen LogP contribution in [0.1, 0.15) is 22.4 Å². The van der Waals surface area contributed by atoms with Crippen molar-refractivity contribution >= 4 is 0 Å². The van der Waals surface area contributed by atoms with Crippen molar-refractivity contribution in [3.8, 4) is 17.0 Å². The number of aromatic nitrogens is 3. The molecule has 0 unspecified atom stereocenters. The number of rotatable bonds is 3. The summed E-state index contributed by atoms with van der Waals surface area (Å²) >= 11 is 0. The summed E-state index contributed by atoms with van der Waals surface area (Å²) < 4.78 is 5.47. The third-order valence-corrected chi connectivity index (χ3v) is 4.02. The first-order valence-electron chi connectivity index (χ1n) is 6.98. The van der Waals surface area contributed by atoms with Crippen molar-refractivity contribution in [3.63, 3.8) is 0 Å². The van der Waals surface area contributed by atoms with Crippen molar-refractivity contribution in [3.05, 3.63) is 65.1 Å². The molecule has 2 aromatic heterocycles. The van der Waals surface area contributed by atoms with Crippen LogP contribution in [0.3, 0.4) is 0 Å². The van der Waals surface area contributed by atoms with E-state index in [1.807, 2.05) is 24.4 Å². The van der Waals surface area contributed by atoms with E-state index in [4.69, 9.17) is 4.74 Å². The smallest absolute Gasteiger partial charge is 0.123 e. The van der Waals surface area contributed by atoms with Gasteiger partial charge in [0, 0.05) is 47.6 Å². The van der Waals surface area contributed by atoms with Crippen LogP contribution < -0.4 is 4.74 Å². The molecule has 4 heteroatoms. The maximum absolute atomic E-state index is 5.47. The number of aromatic amines is 1. The lowest BCUT2D eigenvalue weighted by molar-refractivity contribution is 0.411. The highest BCUT2D eigenvalue weighted by molar-refractivity contribution is 5.77. The van der Waals surface area contributed by atoms with Gasteiger partial charge in [-0.1, -0.05) is 18.2 Å². The first-order valence-corrected chi connectivity index (χ1v) is 6.98. The Morgan fingerprint density at radius 2 is 2.14 bits per heavy atom. The minimum atomic E-state index is 0.826. The van der Waals surface area contributed by atoms with E-state index in [2.05, 4.69) is 27.3 Å². The zero-order chi connectivity index (χ0) is 14.2. The second-order valence-electron chi connectivity index (χ2n) is 5.23. The Bertz CT molecular complexity index is 793. The van der Waals surface area contributed by atoms with Gasteiger partial charge in [-0.2, -0.15) is 5.10 Å². The molecule has 2 heterocycles. The summed E-state index contributed by atoms with van der Waals surface area (Å²) in [6.45, 7) is 0. The zero-order valence-corrected chi connectivity index (χ0v) is 11.8. The van der Waals surface area contributed by atoms with E-state index in [1.54, 1.807) is 13.3 Å². The first-order chi connectivity index (χ1) is 10.4. The topological polar surface area (TPSA) is 50.8 Å². The molecule has 0 saturated heterocycles. The largest absolute Gasteiger partial charge is 0.496 e. The summed E-state index contributed by atoms with van der Waals surface area (Å²) in [4.78, 5) is 4.17. The van der Waals surface area contributed by atoms with Gasteiger partial charge >= 0.3 is 0 Å². The number of pyridine rings is 1. The number of H-pyrrole nitrogens is 1. The fourth-order valence-corrected chi connectivity index (χ4v) is 3.01. The van der Waals surface area contributed by atoms with Gasteiger partial charge in [0.25, 0.3) is 0 Å². The van der Waals surface area contributed by atoms with Crippen LogP contribution in [0.25, 0.3) is 11.3 Å². The lowest BCUT2D eigenvalue weighted by atomic mass is 10.1. The van der Waals surface area contributed by atoms with Crippen LogP contribution >= 0.6 is 0 Å². The molecule has 4 nitrogen and oxygen atoms in total. The van der Waals surface area contributed by atoms with Crippen molar-refractivity contribution in [2.24, 2.45) is 0 Å². The van der Waals surface area contributed by atoms with Gasteiger partial charge in [0.1, 0.15) is 5.75 Å². The molecule has 1 aromatic carbocycles.